The molecular formula is C23H23N3O2. The van der Waals surface area contributed by atoms with Crippen molar-refractivity contribution < 1.29 is 9.59 Å². The van der Waals surface area contributed by atoms with Gasteiger partial charge in [-0.2, -0.15) is 0 Å². The molecule has 2 aliphatic rings. The Bertz CT molecular complexity index is 1060. The summed E-state index contributed by atoms with van der Waals surface area (Å²) in [5, 5.41) is 0. The van der Waals surface area contributed by atoms with Crippen LogP contribution in [-0.2, 0) is 4.79 Å². The zero-order valence-electron chi connectivity index (χ0n) is 15.9. The Morgan fingerprint density at radius 2 is 1.79 bits per heavy atom. The minimum Gasteiger partial charge on any atom is -0.334 e. The van der Waals surface area contributed by atoms with E-state index in [1.54, 1.807) is 4.90 Å². The highest BCUT2D eigenvalue weighted by Gasteiger charge is 2.43. The van der Waals surface area contributed by atoms with Crippen molar-refractivity contribution in [2.75, 3.05) is 26.7 Å². The van der Waals surface area contributed by atoms with Gasteiger partial charge in [0.2, 0.25) is 0 Å². The molecule has 4 heterocycles. The van der Waals surface area contributed by atoms with Gasteiger partial charge < -0.3 is 14.2 Å². The SMILES string of the molecule is CN1CCC2CN(C(=O)C(=O)c3c(-c4ccccc4)cc4ccccn34)CC21. The van der Waals surface area contributed by atoms with Gasteiger partial charge >= 0.3 is 0 Å². The monoisotopic (exact) mass is 373 g/mol. The quantitative estimate of drug-likeness (QED) is 0.524. The van der Waals surface area contributed by atoms with Crippen LogP contribution in [-0.4, -0.2) is 58.6 Å². The first-order chi connectivity index (χ1) is 13.6. The van der Waals surface area contributed by atoms with Crippen molar-refractivity contribution in [2.24, 2.45) is 5.92 Å². The highest BCUT2D eigenvalue weighted by molar-refractivity contribution is 6.43. The maximum absolute atomic E-state index is 13.4. The Balaban J connectivity index is 1.53. The molecule has 5 nitrogen and oxygen atoms in total. The molecule has 2 atom stereocenters. The standard InChI is InChI=1S/C23H23N3O2/c1-24-12-10-17-14-25(15-20(17)24)23(28)22(27)21-19(16-7-3-2-4-8-16)13-18-9-5-6-11-26(18)21/h2-9,11,13,17,20H,10,12,14-15H2,1H3. The Hall–Kier alpha value is -2.92. The molecule has 0 N–H and O–H groups in total. The molecule has 28 heavy (non-hydrogen) atoms. The highest BCUT2D eigenvalue weighted by Crippen LogP contribution is 2.32. The van der Waals surface area contributed by atoms with Gasteiger partial charge in [0.15, 0.2) is 0 Å². The van der Waals surface area contributed by atoms with Crippen molar-refractivity contribution in [3.8, 4) is 11.1 Å². The van der Waals surface area contributed by atoms with Crippen molar-refractivity contribution in [1.82, 2.24) is 14.2 Å². The Morgan fingerprint density at radius 1 is 1.00 bits per heavy atom. The summed E-state index contributed by atoms with van der Waals surface area (Å²) >= 11 is 0. The maximum Gasteiger partial charge on any atom is 0.296 e. The molecule has 2 unspecified atom stereocenters. The van der Waals surface area contributed by atoms with Crippen LogP contribution >= 0.6 is 0 Å². The van der Waals surface area contributed by atoms with E-state index in [0.717, 1.165) is 29.6 Å². The molecule has 5 heteroatoms. The van der Waals surface area contributed by atoms with Gasteiger partial charge in [0, 0.05) is 36.4 Å². The summed E-state index contributed by atoms with van der Waals surface area (Å²) in [6.45, 7) is 2.41. The van der Waals surface area contributed by atoms with Gasteiger partial charge in [-0.25, -0.2) is 0 Å². The average Bonchev–Trinajstić information content (AvgIpc) is 3.41. The highest BCUT2D eigenvalue weighted by atomic mass is 16.2. The normalized spacial score (nSPS) is 22.0. The summed E-state index contributed by atoms with van der Waals surface area (Å²) in [7, 11) is 2.11. The Labute approximate surface area is 164 Å². The minimum absolute atomic E-state index is 0.384. The molecule has 2 saturated heterocycles. The molecule has 1 aromatic carbocycles. The van der Waals surface area contributed by atoms with Gasteiger partial charge in [-0.15, -0.1) is 0 Å². The van der Waals surface area contributed by atoms with Gasteiger partial charge in [0.25, 0.3) is 11.7 Å². The molecule has 0 saturated carbocycles. The van der Waals surface area contributed by atoms with Gasteiger partial charge in [-0.1, -0.05) is 36.4 Å². The molecule has 0 spiro atoms. The molecule has 0 bridgehead atoms. The number of Topliss-reactive ketones (excluding diaryl/α,β-unsaturated/α-hetero) is 1. The summed E-state index contributed by atoms with van der Waals surface area (Å²) in [6.07, 6.45) is 2.96. The van der Waals surface area contributed by atoms with E-state index in [1.807, 2.05) is 65.2 Å². The van der Waals surface area contributed by atoms with E-state index in [9.17, 15) is 9.59 Å². The lowest BCUT2D eigenvalue weighted by Crippen LogP contribution is -2.39. The number of nitrogens with zero attached hydrogens (tertiary/aromatic N) is 3. The second kappa shape index (κ2) is 6.60. The molecule has 3 aromatic rings. The third kappa shape index (κ3) is 2.66. The number of amides is 1. The van der Waals surface area contributed by atoms with Crippen LogP contribution in [0.1, 0.15) is 16.9 Å². The average molecular weight is 373 g/mol. The zero-order chi connectivity index (χ0) is 19.3. The predicted octanol–water partition coefficient (Wildman–Crippen LogP) is 2.95. The summed E-state index contributed by atoms with van der Waals surface area (Å²) in [6, 6.07) is 18.0. The van der Waals surface area contributed by atoms with E-state index < -0.39 is 5.78 Å². The minimum atomic E-state index is -0.423. The third-order valence-corrected chi connectivity index (χ3v) is 6.29. The van der Waals surface area contributed by atoms with Gasteiger partial charge in [-0.3, -0.25) is 9.59 Å². The lowest BCUT2D eigenvalue weighted by Gasteiger charge is -2.20. The fraction of sp³-hybridized carbons (Fsp3) is 0.304. The summed E-state index contributed by atoms with van der Waals surface area (Å²) < 4.78 is 1.84. The van der Waals surface area contributed by atoms with Crippen LogP contribution in [0.5, 0.6) is 0 Å². The molecular weight excluding hydrogens is 350 g/mol. The first kappa shape index (κ1) is 17.2. The number of hydrogen-bond acceptors (Lipinski definition) is 3. The second-order valence-corrected chi connectivity index (χ2v) is 7.90. The fourth-order valence-electron chi connectivity index (χ4n) is 4.78. The predicted molar refractivity (Wildman–Crippen MR) is 108 cm³/mol. The Morgan fingerprint density at radius 3 is 2.57 bits per heavy atom. The number of likely N-dealkylation sites (N-methyl/N-ethyl adjacent to an activating group) is 1. The van der Waals surface area contributed by atoms with Crippen LogP contribution in [0.25, 0.3) is 16.6 Å². The van der Waals surface area contributed by atoms with Crippen LogP contribution < -0.4 is 0 Å². The number of ketones is 1. The largest absolute Gasteiger partial charge is 0.334 e. The van der Waals surface area contributed by atoms with Gasteiger partial charge in [0.05, 0.1) is 0 Å². The number of carbonyl (C=O) groups excluding carboxylic acids is 2. The van der Waals surface area contributed by atoms with Crippen LogP contribution in [0.4, 0.5) is 0 Å². The number of hydrogen-bond donors (Lipinski definition) is 0. The van der Waals surface area contributed by atoms with Crippen molar-refractivity contribution >= 4 is 17.2 Å². The number of rotatable bonds is 3. The van der Waals surface area contributed by atoms with Crippen LogP contribution in [0, 0.1) is 5.92 Å². The van der Waals surface area contributed by atoms with Crippen molar-refractivity contribution in [3.63, 3.8) is 0 Å². The number of pyridine rings is 1. The fourth-order valence-corrected chi connectivity index (χ4v) is 4.78. The lowest BCUT2D eigenvalue weighted by atomic mass is 10.0. The molecule has 1 amide bonds. The van der Waals surface area contributed by atoms with Crippen LogP contribution in [0.3, 0.4) is 0 Å². The molecule has 142 valence electrons. The molecule has 2 aromatic heterocycles. The van der Waals surface area contributed by atoms with E-state index in [2.05, 4.69) is 11.9 Å². The summed E-state index contributed by atoms with van der Waals surface area (Å²) in [5.41, 5.74) is 3.12. The topological polar surface area (TPSA) is 45.0 Å². The smallest absolute Gasteiger partial charge is 0.296 e. The second-order valence-electron chi connectivity index (χ2n) is 7.90. The summed E-state index contributed by atoms with van der Waals surface area (Å²) in [4.78, 5) is 30.6. The van der Waals surface area contributed by atoms with Gasteiger partial charge in [-0.05, 0) is 49.7 Å². The Kier molecular flexibility index (Phi) is 4.05. The van der Waals surface area contributed by atoms with E-state index >= 15 is 0 Å². The van der Waals surface area contributed by atoms with Gasteiger partial charge in [0.1, 0.15) is 5.69 Å². The number of aromatic nitrogens is 1. The number of carbonyl (C=O) groups is 2. The van der Waals surface area contributed by atoms with E-state index in [0.29, 0.717) is 30.7 Å². The molecule has 0 radical (unpaired) electrons. The van der Waals surface area contributed by atoms with Crippen molar-refractivity contribution in [1.29, 1.82) is 0 Å². The van der Waals surface area contributed by atoms with Crippen LogP contribution in [0.2, 0.25) is 0 Å². The first-order valence-corrected chi connectivity index (χ1v) is 9.83. The van der Waals surface area contributed by atoms with Crippen molar-refractivity contribution in [3.05, 3.63) is 66.5 Å². The van der Waals surface area contributed by atoms with E-state index in [1.165, 1.54) is 0 Å². The molecule has 2 aliphatic heterocycles. The molecule has 0 aliphatic carbocycles. The first-order valence-electron chi connectivity index (χ1n) is 9.83. The number of fused-ring (bicyclic) bond motifs is 2. The van der Waals surface area contributed by atoms with Crippen molar-refractivity contribution in [2.45, 2.75) is 12.5 Å². The number of likely N-dealkylation sites (tertiary alicyclic amines) is 2. The third-order valence-electron chi connectivity index (χ3n) is 6.29. The maximum atomic E-state index is 13.4. The van der Waals surface area contributed by atoms with E-state index in [4.69, 9.17) is 0 Å². The van der Waals surface area contributed by atoms with Crippen LogP contribution in [0.15, 0.2) is 60.8 Å². The number of benzene rings is 1. The van der Waals surface area contributed by atoms with E-state index in [-0.39, 0.29) is 5.91 Å². The zero-order valence-corrected chi connectivity index (χ0v) is 15.9. The molecule has 2 fully saturated rings. The summed E-state index contributed by atoms with van der Waals surface area (Å²) in [5.74, 6) is -0.323. The lowest BCUT2D eigenvalue weighted by molar-refractivity contribution is -0.125. The molecule has 5 rings (SSSR count).